The molecule has 44 heavy (non-hydrogen) atoms. The Labute approximate surface area is 277 Å². The van der Waals surface area contributed by atoms with Crippen molar-refractivity contribution in [2.75, 3.05) is 10.8 Å². The van der Waals surface area contributed by atoms with Gasteiger partial charge in [-0.2, -0.15) is 0 Å². The highest BCUT2D eigenvalue weighted by Gasteiger charge is 2.35. The number of rotatable bonds is 12. The number of nitrogens with zero attached hydrogens (tertiary/aromatic N) is 2. The summed E-state index contributed by atoms with van der Waals surface area (Å²) in [5.41, 5.74) is 1.82. The predicted octanol–water partition coefficient (Wildman–Crippen LogP) is 7.12. The van der Waals surface area contributed by atoms with Crippen molar-refractivity contribution in [2.24, 2.45) is 0 Å². The molecule has 7 nitrogen and oxygen atoms in total. The number of carbonyl (C=O) groups is 2. The molecule has 2 amide bonds. The minimum atomic E-state index is -4.26. The van der Waals surface area contributed by atoms with Crippen LogP contribution in [0.2, 0.25) is 10.0 Å². The number of hydrogen-bond donors (Lipinski definition) is 1. The number of anilines is 1. The zero-order valence-corrected chi connectivity index (χ0v) is 28.1. The second-order valence-electron chi connectivity index (χ2n) is 10.5. The highest BCUT2D eigenvalue weighted by Crippen LogP contribution is 2.28. The molecule has 0 unspecified atom stereocenters. The highest BCUT2D eigenvalue weighted by molar-refractivity contribution is 9.10. The molecule has 0 aromatic heterocycles. The lowest BCUT2D eigenvalue weighted by molar-refractivity contribution is -0.140. The first-order chi connectivity index (χ1) is 20.9. The van der Waals surface area contributed by atoms with Crippen molar-refractivity contribution in [2.45, 2.75) is 43.8 Å². The third kappa shape index (κ3) is 8.85. The van der Waals surface area contributed by atoms with Crippen molar-refractivity contribution < 1.29 is 18.0 Å². The summed E-state index contributed by atoms with van der Waals surface area (Å²) in [7, 11) is -4.26. The lowest BCUT2D eigenvalue weighted by Crippen LogP contribution is -2.54. The summed E-state index contributed by atoms with van der Waals surface area (Å²) in [5, 5.41) is 3.62. The Morgan fingerprint density at radius 3 is 2.11 bits per heavy atom. The van der Waals surface area contributed by atoms with Crippen LogP contribution in [0.5, 0.6) is 0 Å². The first-order valence-corrected chi connectivity index (χ1v) is 16.8. The molecule has 230 valence electrons. The summed E-state index contributed by atoms with van der Waals surface area (Å²) < 4.78 is 29.9. The number of hydrogen-bond acceptors (Lipinski definition) is 4. The van der Waals surface area contributed by atoms with Gasteiger partial charge in [0.25, 0.3) is 10.0 Å². The average Bonchev–Trinajstić information content (AvgIpc) is 2.98. The van der Waals surface area contributed by atoms with E-state index in [4.69, 9.17) is 23.2 Å². The van der Waals surface area contributed by atoms with E-state index in [9.17, 15) is 18.0 Å². The monoisotopic (exact) mass is 715 g/mol. The molecular weight excluding hydrogens is 685 g/mol. The third-order valence-electron chi connectivity index (χ3n) is 6.72. The Kier molecular flexibility index (Phi) is 11.5. The number of nitrogens with one attached hydrogen (secondary N) is 1. The van der Waals surface area contributed by atoms with Crippen LogP contribution in [0.3, 0.4) is 0 Å². The molecule has 0 aliphatic carbocycles. The van der Waals surface area contributed by atoms with Crippen LogP contribution >= 0.6 is 39.1 Å². The average molecular weight is 718 g/mol. The van der Waals surface area contributed by atoms with Crippen LogP contribution in [0.25, 0.3) is 0 Å². The summed E-state index contributed by atoms with van der Waals surface area (Å²) in [5.74, 6) is -0.913. The molecule has 0 heterocycles. The predicted molar refractivity (Wildman–Crippen MR) is 179 cm³/mol. The molecule has 0 spiro atoms. The maximum absolute atomic E-state index is 14.4. The first-order valence-electron chi connectivity index (χ1n) is 13.9. The molecular formula is C33H32BrCl2N3O4S. The molecule has 4 aromatic rings. The smallest absolute Gasteiger partial charge is 0.264 e. The SMILES string of the molecule is CC(C)NC(=O)[C@H](Cc1ccccc1)N(Cc1cccc(Br)c1)C(=O)CN(c1cccc(Cl)c1)S(=O)(=O)c1ccc(Cl)cc1. The van der Waals surface area contributed by atoms with Crippen LogP contribution in [0.1, 0.15) is 25.0 Å². The summed E-state index contributed by atoms with van der Waals surface area (Å²) in [6.07, 6.45) is 0.222. The number of amides is 2. The zero-order valence-electron chi connectivity index (χ0n) is 24.2. The van der Waals surface area contributed by atoms with E-state index in [1.165, 1.54) is 35.2 Å². The van der Waals surface area contributed by atoms with Crippen LogP contribution in [0.4, 0.5) is 5.69 Å². The van der Waals surface area contributed by atoms with E-state index in [0.717, 1.165) is 19.9 Å². The Hall–Kier alpha value is -3.37. The first kappa shape index (κ1) is 33.5. The van der Waals surface area contributed by atoms with Gasteiger partial charge in [-0.1, -0.05) is 87.7 Å². The molecule has 11 heteroatoms. The van der Waals surface area contributed by atoms with Gasteiger partial charge in [-0.15, -0.1) is 0 Å². The summed E-state index contributed by atoms with van der Waals surface area (Å²) in [6, 6.07) is 27.7. The van der Waals surface area contributed by atoms with E-state index in [-0.39, 0.29) is 35.5 Å². The van der Waals surface area contributed by atoms with Crippen LogP contribution in [-0.2, 0) is 32.6 Å². The van der Waals surface area contributed by atoms with Gasteiger partial charge >= 0.3 is 0 Å². The number of benzene rings is 4. The van der Waals surface area contributed by atoms with E-state index in [1.54, 1.807) is 18.2 Å². The van der Waals surface area contributed by atoms with Gasteiger partial charge in [-0.05, 0) is 79.6 Å². The molecule has 1 atom stereocenters. The van der Waals surface area contributed by atoms with E-state index in [0.29, 0.717) is 10.0 Å². The van der Waals surface area contributed by atoms with Gasteiger partial charge in [0.2, 0.25) is 11.8 Å². The fraction of sp³-hybridized carbons (Fsp3) is 0.212. The van der Waals surface area contributed by atoms with Gasteiger partial charge in [0.05, 0.1) is 10.6 Å². The second kappa shape index (κ2) is 15.1. The lowest BCUT2D eigenvalue weighted by Gasteiger charge is -2.34. The number of carbonyl (C=O) groups excluding carboxylic acids is 2. The van der Waals surface area contributed by atoms with Crippen molar-refractivity contribution in [1.29, 1.82) is 0 Å². The Balaban J connectivity index is 1.81. The van der Waals surface area contributed by atoms with Crippen LogP contribution in [0.15, 0.2) is 112 Å². The van der Waals surface area contributed by atoms with Gasteiger partial charge in [0.15, 0.2) is 0 Å². The Morgan fingerprint density at radius 1 is 0.818 bits per heavy atom. The van der Waals surface area contributed by atoms with E-state index < -0.39 is 28.5 Å². The van der Waals surface area contributed by atoms with Crippen molar-refractivity contribution >= 4 is 66.7 Å². The van der Waals surface area contributed by atoms with Gasteiger partial charge in [-0.3, -0.25) is 13.9 Å². The molecule has 0 radical (unpaired) electrons. The normalized spacial score (nSPS) is 12.0. The zero-order chi connectivity index (χ0) is 31.9. The lowest BCUT2D eigenvalue weighted by atomic mass is 10.0. The highest BCUT2D eigenvalue weighted by atomic mass is 79.9. The second-order valence-corrected chi connectivity index (χ2v) is 14.1. The maximum Gasteiger partial charge on any atom is 0.264 e. The molecule has 4 aromatic carbocycles. The van der Waals surface area contributed by atoms with Crippen LogP contribution in [-0.4, -0.2) is 43.8 Å². The molecule has 0 aliphatic rings. The fourth-order valence-electron chi connectivity index (χ4n) is 4.66. The molecule has 4 rings (SSSR count). The molecule has 1 N–H and O–H groups in total. The minimum Gasteiger partial charge on any atom is -0.352 e. The number of halogens is 3. The minimum absolute atomic E-state index is 0.0494. The van der Waals surface area contributed by atoms with Crippen LogP contribution in [0, 0.1) is 0 Å². The van der Waals surface area contributed by atoms with E-state index in [2.05, 4.69) is 21.2 Å². The quantitative estimate of drug-likeness (QED) is 0.169. The van der Waals surface area contributed by atoms with Gasteiger partial charge in [0.1, 0.15) is 12.6 Å². The van der Waals surface area contributed by atoms with Gasteiger partial charge in [0, 0.05) is 33.5 Å². The molecule has 0 fully saturated rings. The summed E-state index contributed by atoms with van der Waals surface area (Å²) >= 11 is 15.8. The molecule has 0 saturated heterocycles. The molecule has 0 bridgehead atoms. The third-order valence-corrected chi connectivity index (χ3v) is 9.49. The fourth-order valence-corrected chi connectivity index (χ4v) is 6.82. The van der Waals surface area contributed by atoms with Crippen LogP contribution < -0.4 is 9.62 Å². The summed E-state index contributed by atoms with van der Waals surface area (Å²) in [6.45, 7) is 3.17. The Bertz CT molecular complexity index is 1700. The maximum atomic E-state index is 14.4. The van der Waals surface area contributed by atoms with Crippen molar-refractivity contribution in [3.8, 4) is 0 Å². The Morgan fingerprint density at radius 2 is 1.48 bits per heavy atom. The van der Waals surface area contributed by atoms with E-state index in [1.807, 2.05) is 68.4 Å². The number of sulfonamides is 1. The van der Waals surface area contributed by atoms with Crippen molar-refractivity contribution in [1.82, 2.24) is 10.2 Å². The van der Waals surface area contributed by atoms with Gasteiger partial charge in [-0.25, -0.2) is 8.42 Å². The molecule has 0 aliphatic heterocycles. The van der Waals surface area contributed by atoms with Gasteiger partial charge < -0.3 is 10.2 Å². The standard InChI is InChI=1S/C33H32BrCl2N3O4S/c1-23(2)37-33(41)31(19-24-8-4-3-5-9-24)38(21-25-10-6-11-26(34)18-25)32(40)22-39(29-13-7-12-28(36)20-29)44(42,43)30-16-14-27(35)15-17-30/h3-18,20,23,31H,19,21-22H2,1-2H3,(H,37,41)/t31-/m0/s1. The topological polar surface area (TPSA) is 86.8 Å². The van der Waals surface area contributed by atoms with Crippen molar-refractivity contribution in [3.05, 3.63) is 129 Å². The molecule has 0 saturated carbocycles. The largest absolute Gasteiger partial charge is 0.352 e. The summed E-state index contributed by atoms with van der Waals surface area (Å²) in [4.78, 5) is 29.6. The van der Waals surface area contributed by atoms with Crippen molar-refractivity contribution in [3.63, 3.8) is 0 Å². The van der Waals surface area contributed by atoms with E-state index >= 15 is 0 Å².